The van der Waals surface area contributed by atoms with Gasteiger partial charge in [0.05, 0.1) is 0 Å². The first-order valence-electron chi connectivity index (χ1n) is 4.76. The van der Waals surface area contributed by atoms with Gasteiger partial charge in [-0.2, -0.15) is 0 Å². The lowest BCUT2D eigenvalue weighted by molar-refractivity contribution is -0.122. The number of rotatable bonds is 3. The number of amides is 1. The number of hydrogen-bond donors (Lipinski definition) is 1. The highest BCUT2D eigenvalue weighted by Gasteiger charge is 2.19. The zero-order valence-corrected chi connectivity index (χ0v) is 8.64. The number of nitrogens with one attached hydrogen (secondary N) is 1. The highest BCUT2D eigenvalue weighted by Crippen LogP contribution is 2.08. The van der Waals surface area contributed by atoms with Gasteiger partial charge in [-0.25, -0.2) is 0 Å². The molecule has 0 radical (unpaired) electrons. The molecule has 4 heteroatoms. The first-order valence-corrected chi connectivity index (χ1v) is 5.20. The highest BCUT2D eigenvalue weighted by molar-refractivity contribution is 6.30. The van der Waals surface area contributed by atoms with Crippen molar-refractivity contribution in [3.63, 3.8) is 0 Å². The second-order valence-corrected chi connectivity index (χ2v) is 3.80. The number of alkyl halides is 1. The molecule has 3 nitrogen and oxygen atoms in total. The van der Waals surface area contributed by atoms with E-state index in [1.165, 1.54) is 0 Å². The fraction of sp³-hybridized carbons (Fsp3) is 0.889. The molecule has 0 spiro atoms. The number of carbonyl (C=O) groups is 1. The van der Waals surface area contributed by atoms with Gasteiger partial charge in [-0.15, -0.1) is 11.6 Å². The van der Waals surface area contributed by atoms with Crippen molar-refractivity contribution in [1.82, 2.24) is 5.32 Å². The Morgan fingerprint density at radius 3 is 2.77 bits per heavy atom. The third-order valence-corrected chi connectivity index (χ3v) is 2.72. The minimum absolute atomic E-state index is 0.0453. The van der Waals surface area contributed by atoms with Gasteiger partial charge in [0.2, 0.25) is 5.91 Å². The minimum Gasteiger partial charge on any atom is -0.381 e. The van der Waals surface area contributed by atoms with Gasteiger partial charge >= 0.3 is 0 Å². The third kappa shape index (κ3) is 3.53. The number of halogens is 1. The molecule has 1 fully saturated rings. The summed E-state index contributed by atoms with van der Waals surface area (Å²) in [5.74, 6) is -0.0453. The van der Waals surface area contributed by atoms with Gasteiger partial charge < -0.3 is 10.1 Å². The first-order chi connectivity index (χ1) is 6.24. The Balaban J connectivity index is 2.26. The largest absolute Gasteiger partial charge is 0.381 e. The summed E-state index contributed by atoms with van der Waals surface area (Å²) in [7, 11) is 0. The van der Waals surface area contributed by atoms with Crippen LogP contribution in [-0.2, 0) is 9.53 Å². The van der Waals surface area contributed by atoms with E-state index in [4.69, 9.17) is 16.3 Å². The Morgan fingerprint density at radius 1 is 1.62 bits per heavy atom. The SMILES string of the molecule is CCC(Cl)C(=O)NC1CCOCC1. The van der Waals surface area contributed by atoms with Crippen molar-refractivity contribution in [2.24, 2.45) is 0 Å². The molecule has 1 heterocycles. The van der Waals surface area contributed by atoms with Gasteiger partial charge in [0.25, 0.3) is 0 Å². The Morgan fingerprint density at radius 2 is 2.23 bits per heavy atom. The molecule has 0 aromatic carbocycles. The van der Waals surface area contributed by atoms with Gasteiger partial charge in [0, 0.05) is 19.3 Å². The summed E-state index contributed by atoms with van der Waals surface area (Å²) in [6.07, 6.45) is 2.48. The summed E-state index contributed by atoms with van der Waals surface area (Å²) in [6, 6.07) is 0.258. The summed E-state index contributed by atoms with van der Waals surface area (Å²) in [5.41, 5.74) is 0. The molecule has 0 bridgehead atoms. The van der Waals surface area contributed by atoms with Crippen LogP contribution in [0.15, 0.2) is 0 Å². The Bertz CT molecular complexity index is 169. The predicted molar refractivity (Wildman–Crippen MR) is 51.9 cm³/mol. The lowest BCUT2D eigenvalue weighted by Gasteiger charge is -2.23. The molecule has 1 saturated heterocycles. The fourth-order valence-electron chi connectivity index (χ4n) is 1.32. The summed E-state index contributed by atoms with van der Waals surface area (Å²) < 4.78 is 5.18. The number of ether oxygens (including phenoxy) is 1. The van der Waals surface area contributed by atoms with Gasteiger partial charge in [-0.1, -0.05) is 6.92 Å². The van der Waals surface area contributed by atoms with Crippen LogP contribution in [0.1, 0.15) is 26.2 Å². The summed E-state index contributed by atoms with van der Waals surface area (Å²) >= 11 is 5.79. The van der Waals surface area contributed by atoms with E-state index in [0.29, 0.717) is 6.42 Å². The van der Waals surface area contributed by atoms with Crippen molar-refractivity contribution in [3.05, 3.63) is 0 Å². The first kappa shape index (κ1) is 10.8. The second kappa shape index (κ2) is 5.45. The highest BCUT2D eigenvalue weighted by atomic mass is 35.5. The monoisotopic (exact) mass is 205 g/mol. The van der Waals surface area contributed by atoms with Crippen LogP contribution in [0.3, 0.4) is 0 Å². The molecular formula is C9H16ClNO2. The van der Waals surface area contributed by atoms with Crippen LogP contribution in [0.5, 0.6) is 0 Å². The van der Waals surface area contributed by atoms with Crippen molar-refractivity contribution in [2.75, 3.05) is 13.2 Å². The molecule has 0 aromatic heterocycles. The van der Waals surface area contributed by atoms with Crippen molar-refractivity contribution in [2.45, 2.75) is 37.6 Å². The molecule has 1 aliphatic heterocycles. The van der Waals surface area contributed by atoms with Crippen LogP contribution in [0.4, 0.5) is 0 Å². The van der Waals surface area contributed by atoms with E-state index < -0.39 is 0 Å². The summed E-state index contributed by atoms with van der Waals surface area (Å²) in [4.78, 5) is 11.4. The van der Waals surface area contributed by atoms with E-state index in [-0.39, 0.29) is 17.3 Å². The topological polar surface area (TPSA) is 38.3 Å². The Hall–Kier alpha value is -0.280. The number of carbonyl (C=O) groups excluding carboxylic acids is 1. The predicted octanol–water partition coefficient (Wildman–Crippen LogP) is 1.30. The van der Waals surface area contributed by atoms with Crippen molar-refractivity contribution in [3.8, 4) is 0 Å². The third-order valence-electron chi connectivity index (χ3n) is 2.21. The minimum atomic E-state index is -0.386. The van der Waals surface area contributed by atoms with Gasteiger partial charge in [0.15, 0.2) is 0 Å². The van der Waals surface area contributed by atoms with Gasteiger partial charge in [-0.05, 0) is 19.3 Å². The molecule has 76 valence electrons. The molecule has 1 N–H and O–H groups in total. The molecule has 13 heavy (non-hydrogen) atoms. The molecule has 1 aliphatic rings. The quantitative estimate of drug-likeness (QED) is 0.706. The maximum Gasteiger partial charge on any atom is 0.238 e. The maximum atomic E-state index is 11.4. The van der Waals surface area contributed by atoms with Crippen LogP contribution < -0.4 is 5.32 Å². The summed E-state index contributed by atoms with van der Waals surface area (Å²) in [6.45, 7) is 3.38. The average Bonchev–Trinajstić information content (AvgIpc) is 2.18. The zero-order chi connectivity index (χ0) is 9.68. The van der Waals surface area contributed by atoms with Crippen LogP contribution in [0, 0.1) is 0 Å². The molecule has 1 atom stereocenters. The van der Waals surface area contributed by atoms with E-state index in [2.05, 4.69) is 5.32 Å². The molecule has 0 aliphatic carbocycles. The van der Waals surface area contributed by atoms with Gasteiger partial charge in [0.1, 0.15) is 5.38 Å². The smallest absolute Gasteiger partial charge is 0.238 e. The van der Waals surface area contributed by atoms with E-state index in [9.17, 15) is 4.79 Å². The van der Waals surface area contributed by atoms with E-state index in [0.717, 1.165) is 26.1 Å². The fourth-order valence-corrected chi connectivity index (χ4v) is 1.38. The normalized spacial score (nSPS) is 21.1. The second-order valence-electron chi connectivity index (χ2n) is 3.27. The van der Waals surface area contributed by atoms with Crippen molar-refractivity contribution >= 4 is 17.5 Å². The standard InChI is InChI=1S/C9H16ClNO2/c1-2-8(10)9(12)11-7-3-5-13-6-4-7/h7-8H,2-6H2,1H3,(H,11,12). The Kier molecular flexibility index (Phi) is 4.53. The van der Waals surface area contributed by atoms with Crippen LogP contribution in [0.2, 0.25) is 0 Å². The molecule has 1 unspecified atom stereocenters. The molecule has 0 aromatic rings. The van der Waals surface area contributed by atoms with Crippen LogP contribution in [-0.4, -0.2) is 30.5 Å². The lowest BCUT2D eigenvalue weighted by Crippen LogP contribution is -2.42. The molecule has 0 saturated carbocycles. The van der Waals surface area contributed by atoms with Gasteiger partial charge in [-0.3, -0.25) is 4.79 Å². The summed E-state index contributed by atoms with van der Waals surface area (Å²) in [5, 5.41) is 2.53. The maximum absolute atomic E-state index is 11.4. The lowest BCUT2D eigenvalue weighted by atomic mass is 10.1. The molecule has 1 rings (SSSR count). The van der Waals surface area contributed by atoms with Crippen LogP contribution in [0.25, 0.3) is 0 Å². The van der Waals surface area contributed by atoms with Crippen LogP contribution >= 0.6 is 11.6 Å². The number of hydrogen-bond acceptors (Lipinski definition) is 2. The van der Waals surface area contributed by atoms with E-state index in [1.807, 2.05) is 6.92 Å². The van der Waals surface area contributed by atoms with Crippen molar-refractivity contribution in [1.29, 1.82) is 0 Å². The van der Waals surface area contributed by atoms with E-state index in [1.54, 1.807) is 0 Å². The molecular weight excluding hydrogens is 190 g/mol. The Labute approximate surface area is 83.8 Å². The van der Waals surface area contributed by atoms with Crippen molar-refractivity contribution < 1.29 is 9.53 Å². The average molecular weight is 206 g/mol. The molecule has 1 amide bonds. The zero-order valence-electron chi connectivity index (χ0n) is 7.88. The van der Waals surface area contributed by atoms with E-state index >= 15 is 0 Å².